The normalized spacial score (nSPS) is 14.9. The molecule has 0 aromatic heterocycles. The third-order valence-electron chi connectivity index (χ3n) is 4.33. The first-order valence-electron chi connectivity index (χ1n) is 8.17. The van der Waals surface area contributed by atoms with Gasteiger partial charge in [-0.05, 0) is 25.8 Å². The molecule has 1 aliphatic rings. The van der Waals surface area contributed by atoms with Gasteiger partial charge < -0.3 is 9.64 Å². The maximum absolute atomic E-state index is 12.7. The van der Waals surface area contributed by atoms with Crippen LogP contribution in [0.15, 0.2) is 18.2 Å². The third kappa shape index (κ3) is 4.10. The number of nitro groups is 1. The van der Waals surface area contributed by atoms with E-state index in [0.717, 1.165) is 31.7 Å². The van der Waals surface area contributed by atoms with E-state index in [9.17, 15) is 19.7 Å². The van der Waals surface area contributed by atoms with Crippen molar-refractivity contribution in [1.82, 2.24) is 4.90 Å². The number of hydrogen-bond donors (Lipinski definition) is 0. The zero-order chi connectivity index (χ0) is 17.7. The second-order valence-electron chi connectivity index (χ2n) is 5.95. The average molecular weight is 334 g/mol. The largest absolute Gasteiger partial charge is 0.462 e. The molecule has 1 aromatic carbocycles. The lowest BCUT2D eigenvalue weighted by molar-refractivity contribution is -0.384. The second kappa shape index (κ2) is 7.90. The molecule has 0 aliphatic heterocycles. The Morgan fingerprint density at radius 1 is 1.21 bits per heavy atom. The van der Waals surface area contributed by atoms with Gasteiger partial charge >= 0.3 is 5.97 Å². The minimum atomic E-state index is -0.671. The lowest BCUT2D eigenvalue weighted by Crippen LogP contribution is -2.38. The highest BCUT2D eigenvalue weighted by Crippen LogP contribution is 2.25. The molecule has 130 valence electrons. The SMILES string of the molecule is CCOC(=O)c1cc(C(=O)N(C)C2CCCCC2)cc([N+](=O)[O-])c1. The highest BCUT2D eigenvalue weighted by Gasteiger charge is 2.25. The molecule has 7 nitrogen and oxygen atoms in total. The highest BCUT2D eigenvalue weighted by molar-refractivity contribution is 5.99. The summed E-state index contributed by atoms with van der Waals surface area (Å²) in [5, 5.41) is 11.1. The zero-order valence-electron chi connectivity index (χ0n) is 14.0. The summed E-state index contributed by atoms with van der Waals surface area (Å²) in [5.74, 6) is -0.980. The summed E-state index contributed by atoms with van der Waals surface area (Å²) in [6.45, 7) is 1.81. The first kappa shape index (κ1) is 17.9. The number of nitrogens with zero attached hydrogens (tertiary/aromatic N) is 2. The minimum Gasteiger partial charge on any atom is -0.462 e. The van der Waals surface area contributed by atoms with Crippen molar-refractivity contribution >= 4 is 17.6 Å². The second-order valence-corrected chi connectivity index (χ2v) is 5.95. The number of benzene rings is 1. The van der Waals surface area contributed by atoms with Gasteiger partial charge in [-0.25, -0.2) is 4.79 Å². The Hall–Kier alpha value is -2.44. The van der Waals surface area contributed by atoms with Crippen LogP contribution in [-0.4, -0.2) is 41.4 Å². The number of carbonyl (C=O) groups is 2. The quantitative estimate of drug-likeness (QED) is 0.469. The van der Waals surface area contributed by atoms with Crippen LogP contribution in [0.4, 0.5) is 5.69 Å². The first-order valence-corrected chi connectivity index (χ1v) is 8.17. The molecule has 0 heterocycles. The monoisotopic (exact) mass is 334 g/mol. The Morgan fingerprint density at radius 2 is 1.83 bits per heavy atom. The summed E-state index contributed by atoms with van der Waals surface area (Å²) in [4.78, 5) is 36.7. The van der Waals surface area contributed by atoms with Crippen molar-refractivity contribution in [2.24, 2.45) is 0 Å². The molecule has 1 saturated carbocycles. The minimum absolute atomic E-state index is 0.0199. The number of esters is 1. The van der Waals surface area contributed by atoms with E-state index in [1.807, 2.05) is 0 Å². The van der Waals surface area contributed by atoms with Gasteiger partial charge in [-0.1, -0.05) is 19.3 Å². The molecule has 0 N–H and O–H groups in total. The van der Waals surface area contributed by atoms with Crippen LogP contribution < -0.4 is 0 Å². The molecule has 0 bridgehead atoms. The zero-order valence-corrected chi connectivity index (χ0v) is 14.0. The number of amides is 1. The van der Waals surface area contributed by atoms with E-state index < -0.39 is 10.9 Å². The van der Waals surface area contributed by atoms with Crippen molar-refractivity contribution in [3.63, 3.8) is 0 Å². The van der Waals surface area contributed by atoms with Gasteiger partial charge in [-0.3, -0.25) is 14.9 Å². The third-order valence-corrected chi connectivity index (χ3v) is 4.33. The topological polar surface area (TPSA) is 89.8 Å². The fraction of sp³-hybridized carbons (Fsp3) is 0.529. The van der Waals surface area contributed by atoms with Crippen molar-refractivity contribution in [2.75, 3.05) is 13.7 Å². The summed E-state index contributed by atoms with van der Waals surface area (Å²) < 4.78 is 4.89. The van der Waals surface area contributed by atoms with E-state index in [2.05, 4.69) is 0 Å². The lowest BCUT2D eigenvalue weighted by Gasteiger charge is -2.31. The van der Waals surface area contributed by atoms with Crippen LogP contribution in [-0.2, 0) is 4.74 Å². The molecule has 0 unspecified atom stereocenters. The Kier molecular flexibility index (Phi) is 5.89. The van der Waals surface area contributed by atoms with Crippen LogP contribution >= 0.6 is 0 Å². The van der Waals surface area contributed by atoms with Crippen molar-refractivity contribution < 1.29 is 19.2 Å². The predicted octanol–water partition coefficient (Wildman–Crippen LogP) is 3.18. The lowest BCUT2D eigenvalue weighted by atomic mass is 9.94. The Morgan fingerprint density at radius 3 is 2.42 bits per heavy atom. The summed E-state index contributed by atoms with van der Waals surface area (Å²) in [6.07, 6.45) is 5.18. The van der Waals surface area contributed by atoms with Crippen molar-refractivity contribution in [3.8, 4) is 0 Å². The van der Waals surface area contributed by atoms with Crippen molar-refractivity contribution in [2.45, 2.75) is 45.1 Å². The average Bonchev–Trinajstić information content (AvgIpc) is 2.61. The van der Waals surface area contributed by atoms with E-state index in [0.29, 0.717) is 0 Å². The summed E-state index contributed by atoms with van der Waals surface area (Å²) in [7, 11) is 1.71. The Bertz CT molecular complexity index is 638. The van der Waals surface area contributed by atoms with Gasteiger partial charge in [0.25, 0.3) is 11.6 Å². The van der Waals surface area contributed by atoms with E-state index in [1.54, 1.807) is 18.9 Å². The van der Waals surface area contributed by atoms with E-state index in [4.69, 9.17) is 4.74 Å². The summed E-state index contributed by atoms with van der Waals surface area (Å²) in [5.41, 5.74) is -0.132. The van der Waals surface area contributed by atoms with Crippen molar-refractivity contribution in [1.29, 1.82) is 0 Å². The maximum Gasteiger partial charge on any atom is 0.338 e. The molecule has 1 fully saturated rings. The number of ether oxygens (including phenoxy) is 1. The summed E-state index contributed by atoms with van der Waals surface area (Å²) in [6, 6.07) is 3.85. The van der Waals surface area contributed by atoms with Crippen LogP contribution in [0, 0.1) is 10.1 Å². The molecule has 24 heavy (non-hydrogen) atoms. The number of nitro benzene ring substituents is 1. The molecule has 0 saturated heterocycles. The molecule has 1 amide bonds. The van der Waals surface area contributed by atoms with Gasteiger partial charge in [0, 0.05) is 30.8 Å². The predicted molar refractivity (Wildman–Crippen MR) is 88.0 cm³/mol. The van der Waals surface area contributed by atoms with Gasteiger partial charge in [0.05, 0.1) is 17.1 Å². The fourth-order valence-corrected chi connectivity index (χ4v) is 3.01. The summed E-state index contributed by atoms with van der Waals surface area (Å²) >= 11 is 0. The number of carbonyl (C=O) groups excluding carboxylic acids is 2. The van der Waals surface area contributed by atoms with Gasteiger partial charge in [0.2, 0.25) is 0 Å². The molecule has 0 spiro atoms. The standard InChI is InChI=1S/C17H22N2O5/c1-3-24-17(21)13-9-12(10-15(11-13)19(22)23)16(20)18(2)14-7-5-4-6-8-14/h9-11,14H,3-8H2,1-2H3. The van der Waals surface area contributed by atoms with Crippen molar-refractivity contribution in [3.05, 3.63) is 39.4 Å². The molecule has 2 rings (SSSR count). The molecule has 7 heteroatoms. The van der Waals surface area contributed by atoms with Crippen LogP contribution in [0.2, 0.25) is 0 Å². The first-order chi connectivity index (χ1) is 11.4. The van der Waals surface area contributed by atoms with E-state index >= 15 is 0 Å². The fourth-order valence-electron chi connectivity index (χ4n) is 3.01. The molecular weight excluding hydrogens is 312 g/mol. The molecule has 0 atom stereocenters. The van der Waals surface area contributed by atoms with Gasteiger partial charge in [-0.15, -0.1) is 0 Å². The molecule has 1 aromatic rings. The Labute approximate surface area is 140 Å². The smallest absolute Gasteiger partial charge is 0.338 e. The molecular formula is C17H22N2O5. The molecule has 0 radical (unpaired) electrons. The number of hydrogen-bond acceptors (Lipinski definition) is 5. The van der Waals surface area contributed by atoms with Crippen LogP contribution in [0.25, 0.3) is 0 Å². The maximum atomic E-state index is 12.7. The Balaban J connectivity index is 2.31. The van der Waals surface area contributed by atoms with Gasteiger partial charge in [0.15, 0.2) is 0 Å². The van der Waals surface area contributed by atoms with E-state index in [1.165, 1.54) is 18.6 Å². The van der Waals surface area contributed by atoms with E-state index in [-0.39, 0.29) is 35.4 Å². The van der Waals surface area contributed by atoms with Crippen LogP contribution in [0.1, 0.15) is 59.7 Å². The van der Waals surface area contributed by atoms with Crippen LogP contribution in [0.5, 0.6) is 0 Å². The number of non-ortho nitro benzene ring substituents is 1. The van der Waals surface area contributed by atoms with Gasteiger partial charge in [-0.2, -0.15) is 0 Å². The highest BCUT2D eigenvalue weighted by atomic mass is 16.6. The van der Waals surface area contributed by atoms with Gasteiger partial charge in [0.1, 0.15) is 0 Å². The van der Waals surface area contributed by atoms with Crippen LogP contribution in [0.3, 0.4) is 0 Å². The number of rotatable bonds is 5. The molecule has 1 aliphatic carbocycles.